The summed E-state index contributed by atoms with van der Waals surface area (Å²) in [6.07, 6.45) is 0.152. The number of halogens is 1. The summed E-state index contributed by atoms with van der Waals surface area (Å²) in [4.78, 5) is 25.6. The third kappa shape index (κ3) is 2.21. The van der Waals surface area contributed by atoms with Crippen LogP contribution in [-0.2, 0) is 9.59 Å². The Labute approximate surface area is 124 Å². The Morgan fingerprint density at radius 3 is 2.55 bits per heavy atom. The maximum absolute atomic E-state index is 12.4. The maximum Gasteiger partial charge on any atom is 0.243 e. The molecule has 102 valence electrons. The van der Waals surface area contributed by atoms with Crippen LogP contribution in [0.25, 0.3) is 0 Å². The maximum atomic E-state index is 12.4. The Morgan fingerprint density at radius 1 is 1.25 bits per heavy atom. The average Bonchev–Trinajstić information content (AvgIpc) is 2.95. The molecular weight excluding hydrogens is 298 g/mol. The van der Waals surface area contributed by atoms with Crippen molar-refractivity contribution in [2.24, 2.45) is 0 Å². The van der Waals surface area contributed by atoms with E-state index in [9.17, 15) is 9.59 Å². The quantitative estimate of drug-likeness (QED) is 0.800. The van der Waals surface area contributed by atoms with Crippen molar-refractivity contribution in [3.63, 3.8) is 0 Å². The van der Waals surface area contributed by atoms with E-state index in [2.05, 4.69) is 10.2 Å². The minimum atomic E-state index is -0.469. The van der Waals surface area contributed by atoms with Crippen molar-refractivity contribution in [2.75, 3.05) is 4.90 Å². The minimum Gasteiger partial charge on any atom is -0.274 e. The largest absolute Gasteiger partial charge is 0.274 e. The number of hydrogen-bond acceptors (Lipinski definition) is 5. The number of imide groups is 1. The van der Waals surface area contributed by atoms with Crippen molar-refractivity contribution in [1.29, 1.82) is 0 Å². The van der Waals surface area contributed by atoms with Crippen LogP contribution < -0.4 is 4.90 Å². The van der Waals surface area contributed by atoms with E-state index in [1.54, 1.807) is 31.2 Å². The van der Waals surface area contributed by atoms with Crippen molar-refractivity contribution in [2.45, 2.75) is 19.3 Å². The number of amides is 2. The standard InChI is InChI=1S/C13H10ClN3O2S/c1-7-15-16-13(20-7)17-11(18)6-10(12(17)19)8-2-4-9(14)5-3-8/h2-5,10H,6H2,1H3. The van der Waals surface area contributed by atoms with Gasteiger partial charge in [0.2, 0.25) is 16.9 Å². The fourth-order valence-corrected chi connectivity index (χ4v) is 3.00. The highest BCUT2D eigenvalue weighted by Gasteiger charge is 2.41. The number of nitrogens with zero attached hydrogens (tertiary/aromatic N) is 3. The van der Waals surface area contributed by atoms with Crippen molar-refractivity contribution >= 4 is 39.9 Å². The van der Waals surface area contributed by atoms with Crippen LogP contribution in [0.3, 0.4) is 0 Å². The number of anilines is 1. The Bertz CT molecular complexity index is 683. The molecule has 1 saturated heterocycles. The van der Waals surface area contributed by atoms with E-state index in [0.717, 1.165) is 15.5 Å². The average molecular weight is 308 g/mol. The predicted molar refractivity (Wildman–Crippen MR) is 75.9 cm³/mol. The number of aromatic nitrogens is 2. The first kappa shape index (κ1) is 13.2. The third-order valence-electron chi connectivity index (χ3n) is 3.13. The summed E-state index contributed by atoms with van der Waals surface area (Å²) < 4.78 is 0. The van der Waals surface area contributed by atoms with Gasteiger partial charge in [0.15, 0.2) is 0 Å². The molecule has 2 aromatic rings. The van der Waals surface area contributed by atoms with Gasteiger partial charge in [-0.2, -0.15) is 0 Å². The van der Waals surface area contributed by atoms with Gasteiger partial charge >= 0.3 is 0 Å². The predicted octanol–water partition coefficient (Wildman–Crippen LogP) is 2.55. The molecule has 1 aliphatic heterocycles. The summed E-state index contributed by atoms with van der Waals surface area (Å²) in [7, 11) is 0. The Kier molecular flexibility index (Phi) is 3.27. The number of aryl methyl sites for hydroxylation is 1. The van der Waals surface area contributed by atoms with Gasteiger partial charge < -0.3 is 0 Å². The lowest BCUT2D eigenvalue weighted by atomic mass is 9.98. The fraction of sp³-hybridized carbons (Fsp3) is 0.231. The summed E-state index contributed by atoms with van der Waals surface area (Å²) in [5, 5.41) is 9.38. The normalized spacial score (nSPS) is 18.9. The zero-order chi connectivity index (χ0) is 14.3. The summed E-state index contributed by atoms with van der Waals surface area (Å²) >= 11 is 7.06. The molecule has 20 heavy (non-hydrogen) atoms. The number of rotatable bonds is 2. The van der Waals surface area contributed by atoms with Gasteiger partial charge in [0.1, 0.15) is 5.01 Å². The van der Waals surface area contributed by atoms with Gasteiger partial charge in [0.25, 0.3) is 0 Å². The zero-order valence-electron chi connectivity index (χ0n) is 10.5. The van der Waals surface area contributed by atoms with Crippen molar-refractivity contribution in [3.05, 3.63) is 39.9 Å². The molecule has 1 aliphatic rings. The lowest BCUT2D eigenvalue weighted by Gasteiger charge is -2.10. The highest BCUT2D eigenvalue weighted by Crippen LogP contribution is 2.34. The van der Waals surface area contributed by atoms with Gasteiger partial charge in [0, 0.05) is 11.4 Å². The number of carbonyl (C=O) groups is 2. The molecule has 0 saturated carbocycles. The Morgan fingerprint density at radius 2 is 1.95 bits per heavy atom. The number of carbonyl (C=O) groups excluding carboxylic acids is 2. The van der Waals surface area contributed by atoms with E-state index in [4.69, 9.17) is 11.6 Å². The molecule has 1 fully saturated rings. The zero-order valence-corrected chi connectivity index (χ0v) is 12.1. The molecule has 0 radical (unpaired) electrons. The van der Waals surface area contributed by atoms with Crippen LogP contribution in [0.2, 0.25) is 5.02 Å². The lowest BCUT2D eigenvalue weighted by Crippen LogP contribution is -2.29. The van der Waals surface area contributed by atoms with Crippen LogP contribution in [-0.4, -0.2) is 22.0 Å². The molecule has 0 aliphatic carbocycles. The first-order valence-electron chi connectivity index (χ1n) is 5.98. The summed E-state index contributed by atoms with van der Waals surface area (Å²) in [6.45, 7) is 1.78. The number of hydrogen-bond donors (Lipinski definition) is 0. The first-order chi connectivity index (χ1) is 9.56. The van der Waals surface area contributed by atoms with Gasteiger partial charge in [-0.1, -0.05) is 35.1 Å². The Balaban J connectivity index is 1.92. The second kappa shape index (κ2) is 4.96. The molecule has 0 bridgehead atoms. The molecule has 1 aromatic carbocycles. The van der Waals surface area contributed by atoms with E-state index in [0.29, 0.717) is 10.2 Å². The van der Waals surface area contributed by atoms with E-state index < -0.39 is 5.92 Å². The smallest absolute Gasteiger partial charge is 0.243 e. The van der Waals surface area contributed by atoms with Crippen molar-refractivity contribution < 1.29 is 9.59 Å². The van der Waals surface area contributed by atoms with Crippen LogP contribution in [0.15, 0.2) is 24.3 Å². The van der Waals surface area contributed by atoms with E-state index in [1.807, 2.05) is 0 Å². The lowest BCUT2D eigenvalue weighted by molar-refractivity contribution is -0.121. The Hall–Kier alpha value is -1.79. The molecule has 5 nitrogen and oxygen atoms in total. The second-order valence-corrected chi connectivity index (χ2v) is 6.08. The van der Waals surface area contributed by atoms with Crippen LogP contribution in [0, 0.1) is 6.92 Å². The number of benzene rings is 1. The first-order valence-corrected chi connectivity index (χ1v) is 7.18. The fourth-order valence-electron chi connectivity index (χ4n) is 2.16. The summed E-state index contributed by atoms with van der Waals surface area (Å²) in [5.74, 6) is -0.969. The van der Waals surface area contributed by atoms with Crippen LogP contribution in [0.4, 0.5) is 5.13 Å². The van der Waals surface area contributed by atoms with Crippen LogP contribution in [0.5, 0.6) is 0 Å². The molecule has 3 rings (SSSR count). The molecular formula is C13H10ClN3O2S. The molecule has 0 N–H and O–H groups in total. The highest BCUT2D eigenvalue weighted by atomic mass is 35.5. The summed E-state index contributed by atoms with van der Waals surface area (Å²) in [6, 6.07) is 6.97. The van der Waals surface area contributed by atoms with Gasteiger partial charge in [-0.15, -0.1) is 10.2 Å². The third-order valence-corrected chi connectivity index (χ3v) is 4.20. The second-order valence-electron chi connectivity index (χ2n) is 4.48. The minimum absolute atomic E-state index is 0.152. The highest BCUT2D eigenvalue weighted by molar-refractivity contribution is 7.15. The monoisotopic (exact) mass is 307 g/mol. The van der Waals surface area contributed by atoms with E-state index >= 15 is 0 Å². The van der Waals surface area contributed by atoms with Gasteiger partial charge in [0.05, 0.1) is 5.92 Å². The van der Waals surface area contributed by atoms with Gasteiger partial charge in [-0.05, 0) is 24.6 Å². The SMILES string of the molecule is Cc1nnc(N2C(=O)CC(c3ccc(Cl)cc3)C2=O)s1. The van der Waals surface area contributed by atoms with Crippen LogP contribution >= 0.6 is 22.9 Å². The molecule has 1 atom stereocenters. The van der Waals surface area contributed by atoms with E-state index in [1.165, 1.54) is 11.3 Å². The van der Waals surface area contributed by atoms with Gasteiger partial charge in [-0.25, -0.2) is 4.90 Å². The molecule has 2 amide bonds. The molecule has 7 heteroatoms. The molecule has 0 spiro atoms. The topological polar surface area (TPSA) is 63.2 Å². The van der Waals surface area contributed by atoms with Crippen molar-refractivity contribution in [3.8, 4) is 0 Å². The van der Waals surface area contributed by atoms with Gasteiger partial charge in [-0.3, -0.25) is 9.59 Å². The van der Waals surface area contributed by atoms with Crippen LogP contribution in [0.1, 0.15) is 22.9 Å². The molecule has 1 aromatic heterocycles. The van der Waals surface area contributed by atoms with Crippen molar-refractivity contribution in [1.82, 2.24) is 10.2 Å². The summed E-state index contributed by atoms with van der Waals surface area (Å²) in [5.41, 5.74) is 0.788. The molecule has 2 heterocycles. The molecule has 1 unspecified atom stereocenters. The van der Waals surface area contributed by atoms with E-state index in [-0.39, 0.29) is 18.2 Å².